The summed E-state index contributed by atoms with van der Waals surface area (Å²) in [5.74, 6) is 0.632. The third-order valence-electron chi connectivity index (χ3n) is 5.35. The average molecular weight is 502 g/mol. The Labute approximate surface area is 223 Å². The maximum atomic E-state index is 11.5. The minimum Gasteiger partial charge on any atom is -0.368 e. The first-order valence-corrected chi connectivity index (χ1v) is 13.6. The van der Waals surface area contributed by atoms with Gasteiger partial charge < -0.3 is 15.1 Å². The quantitative estimate of drug-likeness (QED) is 0.116. The zero-order valence-corrected chi connectivity index (χ0v) is 25.1. The van der Waals surface area contributed by atoms with E-state index in [-0.39, 0.29) is 5.78 Å². The molecule has 0 spiro atoms. The van der Waals surface area contributed by atoms with Crippen LogP contribution in [0.4, 0.5) is 0 Å². The van der Waals surface area contributed by atoms with E-state index in [1.54, 1.807) is 12.3 Å². The number of nitrogens with zero attached hydrogens (tertiary/aromatic N) is 4. The molecule has 0 aliphatic rings. The van der Waals surface area contributed by atoms with Crippen LogP contribution in [0, 0.1) is 0 Å². The molecule has 0 amide bonds. The summed E-state index contributed by atoms with van der Waals surface area (Å²) in [7, 11) is 0. The van der Waals surface area contributed by atoms with Gasteiger partial charge in [-0.2, -0.15) is 0 Å². The molecule has 1 N–H and O–H groups in total. The molecule has 0 aromatic carbocycles. The largest absolute Gasteiger partial charge is 0.368 e. The van der Waals surface area contributed by atoms with Gasteiger partial charge in [0.25, 0.3) is 0 Å². The number of aliphatic imine (C=N–C) groups is 2. The lowest BCUT2D eigenvalue weighted by molar-refractivity contribution is -0.113. The molecule has 0 bridgehead atoms. The molecule has 0 rings (SSSR count). The van der Waals surface area contributed by atoms with Crippen LogP contribution in [0.25, 0.3) is 0 Å². The second-order valence-electron chi connectivity index (χ2n) is 8.81. The Balaban J connectivity index is 0. The lowest BCUT2D eigenvalue weighted by Crippen LogP contribution is -2.29. The Kier molecular flexibility index (Phi) is 22.8. The molecule has 0 aromatic heterocycles. The van der Waals surface area contributed by atoms with Crippen LogP contribution >= 0.6 is 0 Å². The van der Waals surface area contributed by atoms with Crippen LogP contribution in [0.3, 0.4) is 0 Å². The van der Waals surface area contributed by atoms with Crippen LogP contribution < -0.4 is 5.32 Å². The Bertz CT molecular complexity index is 774. The van der Waals surface area contributed by atoms with Crippen molar-refractivity contribution in [1.29, 1.82) is 0 Å². The Morgan fingerprint density at radius 2 is 1.56 bits per heavy atom. The number of rotatable bonds is 15. The van der Waals surface area contributed by atoms with Gasteiger partial charge in [-0.3, -0.25) is 4.79 Å². The molecular weight excluding hydrogens is 446 g/mol. The molecule has 36 heavy (non-hydrogen) atoms. The van der Waals surface area contributed by atoms with Gasteiger partial charge in [0.2, 0.25) is 5.96 Å². The standard InChI is InChI=1S/C27H47N5O.C3H8/c1-10-18-31(14-5)20-17-29-27(28-13-4)30-24(8)23(7)21-32(19-11-2)26(12-3)16-15-22(6)25(9)33;1-3-2/h12-13,15-16H,6,10-11,14,17-21H2,1-5,7-9H3,(H,29,30);3H2,1-2H3/b16-15-,24-23+,26-12+,28-13-;. The molecule has 0 saturated heterocycles. The van der Waals surface area contributed by atoms with Crippen molar-refractivity contribution in [3.05, 3.63) is 47.3 Å². The van der Waals surface area contributed by atoms with Crippen LogP contribution in [0.15, 0.2) is 57.3 Å². The monoisotopic (exact) mass is 501 g/mol. The van der Waals surface area contributed by atoms with E-state index in [1.165, 1.54) is 18.9 Å². The van der Waals surface area contributed by atoms with E-state index in [4.69, 9.17) is 4.99 Å². The Morgan fingerprint density at radius 3 is 2.03 bits per heavy atom. The first-order valence-electron chi connectivity index (χ1n) is 13.6. The Hall–Kier alpha value is -2.47. The SMILES string of the molecule is C=C(/C=C\C(=C/C)N(CCC)C/C(C)=C(\C)NC(=NCCN(CC)CCC)/N=C\C)C(C)=O.CCC. The maximum absolute atomic E-state index is 11.5. The number of Topliss-reactive ketones (excluding diaryl/α,β-unsaturated/α-hetero) is 1. The summed E-state index contributed by atoms with van der Waals surface area (Å²) in [4.78, 5) is 25.3. The summed E-state index contributed by atoms with van der Waals surface area (Å²) in [6, 6.07) is 0. The normalized spacial score (nSPS) is 13.1. The number of hydrogen-bond acceptors (Lipinski definition) is 4. The molecule has 0 aromatic rings. The minimum atomic E-state index is -0.0140. The van der Waals surface area contributed by atoms with Gasteiger partial charge in [-0.15, -0.1) is 0 Å². The summed E-state index contributed by atoms with van der Waals surface area (Å²) in [6.07, 6.45) is 11.0. The number of carbonyl (C=O) groups is 1. The highest BCUT2D eigenvalue weighted by atomic mass is 16.1. The molecule has 6 heteroatoms. The first kappa shape index (κ1) is 35.7. The fourth-order valence-electron chi connectivity index (χ4n) is 3.21. The summed E-state index contributed by atoms with van der Waals surface area (Å²) in [5.41, 5.74) is 3.84. The van der Waals surface area contributed by atoms with Crippen LogP contribution in [0.2, 0.25) is 0 Å². The maximum Gasteiger partial charge on any atom is 0.221 e. The molecule has 0 atom stereocenters. The second kappa shape index (κ2) is 23.0. The highest BCUT2D eigenvalue weighted by Gasteiger charge is 2.10. The predicted octanol–water partition coefficient (Wildman–Crippen LogP) is 6.78. The van der Waals surface area contributed by atoms with Crippen molar-refractivity contribution in [2.45, 2.75) is 88.5 Å². The average Bonchev–Trinajstić information content (AvgIpc) is 2.84. The van der Waals surface area contributed by atoms with Crippen molar-refractivity contribution in [3.8, 4) is 0 Å². The third kappa shape index (κ3) is 17.0. The topological polar surface area (TPSA) is 60.3 Å². The summed E-state index contributed by atoms with van der Waals surface area (Å²) in [5, 5.41) is 3.40. The fraction of sp³-hybridized carbons (Fsp3) is 0.633. The molecule has 0 radical (unpaired) electrons. The molecular formula is C30H55N5O. The zero-order chi connectivity index (χ0) is 27.9. The van der Waals surface area contributed by atoms with Gasteiger partial charge in [0.1, 0.15) is 0 Å². The summed E-state index contributed by atoms with van der Waals surface area (Å²) >= 11 is 0. The Morgan fingerprint density at radius 1 is 0.944 bits per heavy atom. The number of guanidine groups is 1. The lowest BCUT2D eigenvalue weighted by atomic mass is 10.1. The van der Waals surface area contributed by atoms with Crippen molar-refractivity contribution in [2.24, 2.45) is 9.98 Å². The third-order valence-corrected chi connectivity index (χ3v) is 5.35. The number of hydrogen-bond donors (Lipinski definition) is 1. The van der Waals surface area contributed by atoms with Crippen LogP contribution in [0.1, 0.15) is 88.5 Å². The molecule has 6 nitrogen and oxygen atoms in total. The van der Waals surface area contributed by atoms with Gasteiger partial charge in [-0.1, -0.05) is 53.7 Å². The molecule has 206 valence electrons. The smallest absolute Gasteiger partial charge is 0.221 e. The molecule has 0 heterocycles. The van der Waals surface area contributed by atoms with E-state index >= 15 is 0 Å². The minimum absolute atomic E-state index is 0.0140. The number of ketones is 1. The fourth-order valence-corrected chi connectivity index (χ4v) is 3.21. The molecule has 0 fully saturated rings. The van der Waals surface area contributed by atoms with Gasteiger partial charge in [-0.05, 0) is 78.3 Å². The van der Waals surface area contributed by atoms with Gasteiger partial charge in [0.05, 0.1) is 6.54 Å². The highest BCUT2D eigenvalue weighted by Crippen LogP contribution is 2.14. The van der Waals surface area contributed by atoms with Crippen molar-refractivity contribution in [2.75, 3.05) is 39.3 Å². The van der Waals surface area contributed by atoms with E-state index in [1.807, 2.05) is 19.9 Å². The number of nitrogens with one attached hydrogen (secondary N) is 1. The predicted molar refractivity (Wildman–Crippen MR) is 161 cm³/mol. The van der Waals surface area contributed by atoms with E-state index in [2.05, 4.69) is 81.2 Å². The van der Waals surface area contributed by atoms with E-state index in [9.17, 15) is 4.79 Å². The molecule has 0 unspecified atom stereocenters. The van der Waals surface area contributed by atoms with Crippen LogP contribution in [-0.2, 0) is 4.79 Å². The van der Waals surface area contributed by atoms with Crippen molar-refractivity contribution < 1.29 is 4.79 Å². The molecule has 0 aliphatic heterocycles. The van der Waals surface area contributed by atoms with E-state index < -0.39 is 0 Å². The number of carbonyl (C=O) groups excluding carboxylic acids is 1. The van der Waals surface area contributed by atoms with Crippen molar-refractivity contribution in [1.82, 2.24) is 15.1 Å². The van der Waals surface area contributed by atoms with Gasteiger partial charge >= 0.3 is 0 Å². The lowest BCUT2D eigenvalue weighted by Gasteiger charge is -2.27. The summed E-state index contributed by atoms with van der Waals surface area (Å²) in [6.45, 7) is 29.8. The molecule has 0 aliphatic carbocycles. The number of likely N-dealkylation sites (N-methyl/N-ethyl adjacent to an activating group) is 1. The van der Waals surface area contributed by atoms with Gasteiger partial charge in [0.15, 0.2) is 5.78 Å². The summed E-state index contributed by atoms with van der Waals surface area (Å²) < 4.78 is 0. The van der Waals surface area contributed by atoms with E-state index in [0.717, 1.165) is 63.5 Å². The highest BCUT2D eigenvalue weighted by molar-refractivity contribution is 5.95. The zero-order valence-electron chi connectivity index (χ0n) is 25.1. The molecule has 0 saturated carbocycles. The second-order valence-corrected chi connectivity index (χ2v) is 8.81. The number of allylic oxidation sites excluding steroid dienone is 5. The van der Waals surface area contributed by atoms with Gasteiger partial charge in [0, 0.05) is 42.8 Å². The van der Waals surface area contributed by atoms with Crippen molar-refractivity contribution in [3.63, 3.8) is 0 Å². The first-order chi connectivity index (χ1) is 17.1. The van der Waals surface area contributed by atoms with Gasteiger partial charge in [-0.25, -0.2) is 9.98 Å². The van der Waals surface area contributed by atoms with Crippen molar-refractivity contribution >= 4 is 18.0 Å². The van der Waals surface area contributed by atoms with Crippen LogP contribution in [-0.4, -0.2) is 67.0 Å². The van der Waals surface area contributed by atoms with E-state index in [0.29, 0.717) is 11.5 Å². The van der Waals surface area contributed by atoms with Crippen LogP contribution in [0.5, 0.6) is 0 Å².